The zero-order chi connectivity index (χ0) is 28.2. The number of piperidine rings is 1. The molecule has 3 aromatic heterocycles. The second kappa shape index (κ2) is 9.88. The number of H-pyrrole nitrogens is 1. The summed E-state index contributed by atoms with van der Waals surface area (Å²) in [7, 11) is -4.94. The molecule has 0 saturated carbocycles. The van der Waals surface area contributed by atoms with Crippen LogP contribution in [0.4, 0.5) is 3.89 Å². The van der Waals surface area contributed by atoms with Gasteiger partial charge in [0.25, 0.3) is 0 Å². The number of fused-ring (bicyclic) bond motifs is 4. The zero-order valence-electron chi connectivity index (χ0n) is 22.3. The van der Waals surface area contributed by atoms with Crippen molar-refractivity contribution in [3.8, 4) is 23.5 Å². The molecule has 9 heteroatoms. The number of benzene rings is 2. The minimum atomic E-state index is -4.94. The summed E-state index contributed by atoms with van der Waals surface area (Å²) in [4.78, 5) is 21.2. The molecule has 0 amide bonds. The summed E-state index contributed by atoms with van der Waals surface area (Å²) < 4.78 is 39.6. The lowest BCUT2D eigenvalue weighted by Crippen LogP contribution is -2.30. The lowest BCUT2D eigenvalue weighted by Gasteiger charge is -2.28. The Kier molecular flexibility index (Phi) is 6.48. The number of terminal acetylenes is 1. The fraction of sp³-hybridized carbons (Fsp3) is 0.290. The summed E-state index contributed by atoms with van der Waals surface area (Å²) in [6.07, 6.45) is 10.6. The normalized spacial score (nSPS) is 14.9. The van der Waals surface area contributed by atoms with E-state index >= 15 is 0 Å². The third kappa shape index (κ3) is 4.47. The van der Waals surface area contributed by atoms with Crippen molar-refractivity contribution in [3.05, 3.63) is 70.1 Å². The fourth-order valence-electron chi connectivity index (χ4n) is 5.97. The maximum Gasteiger partial charge on any atom is 0.333 e. The van der Waals surface area contributed by atoms with Crippen LogP contribution in [0.15, 0.2) is 58.5 Å². The first-order valence-electron chi connectivity index (χ1n) is 13.4. The Morgan fingerprint density at radius 2 is 1.90 bits per heavy atom. The fourth-order valence-corrected chi connectivity index (χ4v) is 6.43. The highest BCUT2D eigenvalue weighted by Gasteiger charge is 2.25. The van der Waals surface area contributed by atoms with E-state index in [4.69, 9.17) is 6.42 Å². The molecule has 0 unspecified atom stereocenters. The van der Waals surface area contributed by atoms with Crippen LogP contribution in [0.1, 0.15) is 43.9 Å². The average molecular weight is 557 g/mol. The van der Waals surface area contributed by atoms with Gasteiger partial charge in [-0.05, 0) is 79.7 Å². The average Bonchev–Trinajstić information content (AvgIpc) is 3.31. The van der Waals surface area contributed by atoms with E-state index in [9.17, 15) is 17.1 Å². The highest BCUT2D eigenvalue weighted by Crippen LogP contribution is 2.36. The van der Waals surface area contributed by atoms with E-state index < -0.39 is 15.1 Å². The SMILES string of the molecule is C#Cc1ccc2c(c1)[nH]c1c2c(=O)c2cc(CC(C)C)c(-c3cncc(S(=O)(=O)F)c3)cc2n1C1CCNCC1. The Morgan fingerprint density at radius 3 is 2.60 bits per heavy atom. The molecule has 204 valence electrons. The van der Waals surface area contributed by atoms with Gasteiger partial charge in [0.15, 0.2) is 5.43 Å². The summed E-state index contributed by atoms with van der Waals surface area (Å²) >= 11 is 0. The predicted molar refractivity (Wildman–Crippen MR) is 157 cm³/mol. The number of rotatable bonds is 5. The molecular weight excluding hydrogens is 527 g/mol. The van der Waals surface area contributed by atoms with Crippen molar-refractivity contribution < 1.29 is 12.3 Å². The van der Waals surface area contributed by atoms with Crippen molar-refractivity contribution in [1.82, 2.24) is 19.9 Å². The molecule has 2 N–H and O–H groups in total. The minimum Gasteiger partial charge on any atom is -0.340 e. The molecule has 2 aromatic carbocycles. The smallest absolute Gasteiger partial charge is 0.333 e. The maximum atomic E-state index is 14.2. The molecule has 6 rings (SSSR count). The number of nitrogens with zero attached hydrogens (tertiary/aromatic N) is 2. The molecule has 1 fully saturated rings. The van der Waals surface area contributed by atoms with Crippen LogP contribution in [0.25, 0.3) is 44.0 Å². The van der Waals surface area contributed by atoms with Crippen LogP contribution in [0.2, 0.25) is 0 Å². The maximum absolute atomic E-state index is 14.2. The molecule has 0 atom stereocenters. The molecular formula is C31H29FN4O3S. The van der Waals surface area contributed by atoms with E-state index in [0.29, 0.717) is 22.8 Å². The molecule has 1 aliphatic rings. The number of hydrogen-bond acceptors (Lipinski definition) is 5. The number of hydrogen-bond donors (Lipinski definition) is 2. The lowest BCUT2D eigenvalue weighted by atomic mass is 9.91. The van der Waals surface area contributed by atoms with E-state index in [0.717, 1.165) is 70.9 Å². The number of aromatic amines is 1. The van der Waals surface area contributed by atoms with Crippen LogP contribution in [-0.2, 0) is 16.6 Å². The van der Waals surface area contributed by atoms with Gasteiger partial charge < -0.3 is 14.9 Å². The Balaban J connectivity index is 1.75. The summed E-state index contributed by atoms with van der Waals surface area (Å²) in [6.45, 7) is 5.85. The summed E-state index contributed by atoms with van der Waals surface area (Å²) in [5.74, 6) is 2.92. The topological polar surface area (TPSA) is 96.8 Å². The van der Waals surface area contributed by atoms with Gasteiger partial charge in [0.05, 0.1) is 10.9 Å². The third-order valence-corrected chi connectivity index (χ3v) is 8.53. The first kappa shape index (κ1) is 26.2. The van der Waals surface area contributed by atoms with E-state index in [2.05, 4.69) is 39.6 Å². The van der Waals surface area contributed by atoms with Crippen LogP contribution in [0.3, 0.4) is 0 Å². The van der Waals surface area contributed by atoms with Gasteiger partial charge >= 0.3 is 10.2 Å². The molecule has 0 radical (unpaired) electrons. The van der Waals surface area contributed by atoms with Crippen LogP contribution < -0.4 is 10.7 Å². The van der Waals surface area contributed by atoms with Crippen molar-refractivity contribution in [2.45, 2.75) is 44.0 Å². The summed E-state index contributed by atoms with van der Waals surface area (Å²) in [5.41, 5.74) is 5.00. The van der Waals surface area contributed by atoms with Crippen molar-refractivity contribution in [2.24, 2.45) is 5.92 Å². The van der Waals surface area contributed by atoms with Crippen LogP contribution in [-0.4, -0.2) is 36.0 Å². The van der Waals surface area contributed by atoms with Crippen LogP contribution in [0.5, 0.6) is 0 Å². The monoisotopic (exact) mass is 556 g/mol. The number of pyridine rings is 2. The Hall–Kier alpha value is -4.00. The molecule has 0 aliphatic carbocycles. The second-order valence-electron chi connectivity index (χ2n) is 10.9. The van der Waals surface area contributed by atoms with Crippen molar-refractivity contribution >= 4 is 43.1 Å². The van der Waals surface area contributed by atoms with E-state index in [1.165, 1.54) is 12.3 Å². The van der Waals surface area contributed by atoms with E-state index in [-0.39, 0.29) is 17.4 Å². The molecule has 40 heavy (non-hydrogen) atoms. The highest BCUT2D eigenvalue weighted by molar-refractivity contribution is 7.86. The molecule has 4 heterocycles. The third-order valence-electron chi connectivity index (χ3n) is 7.75. The standard InChI is InChI=1S/C31H29FN4O3S/c1-4-19-5-6-24-27(12-19)35-31-29(24)30(37)26-14-20(11-18(2)3)25(21-13-23(17-34-16-21)40(32,38)39)15-28(26)36(31)22-7-9-33-10-8-22/h1,5-6,12-18,22,33,35H,7-11H2,2-3H3. The Morgan fingerprint density at radius 1 is 1.12 bits per heavy atom. The van der Waals surface area contributed by atoms with Crippen LogP contribution >= 0.6 is 0 Å². The highest BCUT2D eigenvalue weighted by atomic mass is 32.3. The number of halogens is 1. The summed E-state index contributed by atoms with van der Waals surface area (Å²) in [6, 6.07) is 10.9. The zero-order valence-corrected chi connectivity index (χ0v) is 23.1. The number of nitrogens with one attached hydrogen (secondary N) is 2. The molecule has 1 aliphatic heterocycles. The molecule has 0 spiro atoms. The molecule has 1 saturated heterocycles. The van der Waals surface area contributed by atoms with Gasteiger partial charge in [-0.25, -0.2) is 0 Å². The van der Waals surface area contributed by atoms with Gasteiger partial charge in [-0.15, -0.1) is 10.3 Å². The second-order valence-corrected chi connectivity index (χ2v) is 12.3. The van der Waals surface area contributed by atoms with Gasteiger partial charge in [0, 0.05) is 45.9 Å². The Labute approximate surface area is 231 Å². The lowest BCUT2D eigenvalue weighted by molar-refractivity contribution is 0.381. The van der Waals surface area contributed by atoms with Crippen molar-refractivity contribution in [3.63, 3.8) is 0 Å². The van der Waals surface area contributed by atoms with Gasteiger partial charge in [-0.2, -0.15) is 8.42 Å². The molecule has 0 bridgehead atoms. The predicted octanol–water partition coefficient (Wildman–Crippen LogP) is 5.46. The largest absolute Gasteiger partial charge is 0.340 e. The van der Waals surface area contributed by atoms with Crippen molar-refractivity contribution in [1.29, 1.82) is 0 Å². The number of aromatic nitrogens is 3. The first-order chi connectivity index (χ1) is 19.2. The molecule has 7 nitrogen and oxygen atoms in total. The summed E-state index contributed by atoms with van der Waals surface area (Å²) in [5, 5.41) is 5.45. The Bertz CT molecular complexity index is 2010. The van der Waals surface area contributed by atoms with Gasteiger partial charge in [0.2, 0.25) is 0 Å². The van der Waals surface area contributed by atoms with E-state index in [1.807, 2.05) is 30.3 Å². The van der Waals surface area contributed by atoms with Gasteiger partial charge in [-0.1, -0.05) is 25.8 Å². The van der Waals surface area contributed by atoms with Gasteiger partial charge in [-0.3, -0.25) is 9.78 Å². The van der Waals surface area contributed by atoms with Gasteiger partial charge in [0.1, 0.15) is 10.5 Å². The van der Waals surface area contributed by atoms with Crippen molar-refractivity contribution in [2.75, 3.05) is 13.1 Å². The minimum absolute atomic E-state index is 0.0790. The molecule has 5 aromatic rings. The quantitative estimate of drug-likeness (QED) is 0.221. The van der Waals surface area contributed by atoms with E-state index in [1.54, 1.807) is 0 Å². The van der Waals surface area contributed by atoms with Crippen LogP contribution in [0, 0.1) is 18.3 Å². The first-order valence-corrected chi connectivity index (χ1v) is 14.8.